The molecule has 0 bridgehead atoms. The standard InChI is InChI=1S/C13H18N6O3/c1-7(10-6-14-17(4)8(10)2)15-13(20)11-12(19(21)22)9(3)18(5)16-11/h6-7H,1-5H3,(H,15,20). The molecule has 2 aromatic heterocycles. The molecule has 0 saturated heterocycles. The van der Waals surface area contributed by atoms with E-state index in [4.69, 9.17) is 0 Å². The van der Waals surface area contributed by atoms with Gasteiger partial charge in [0.25, 0.3) is 5.91 Å². The van der Waals surface area contributed by atoms with Gasteiger partial charge in [-0.3, -0.25) is 24.3 Å². The first-order valence-electron chi connectivity index (χ1n) is 6.71. The Hall–Kier alpha value is -2.71. The summed E-state index contributed by atoms with van der Waals surface area (Å²) in [5, 5.41) is 21.9. The lowest BCUT2D eigenvalue weighted by Gasteiger charge is -2.12. The van der Waals surface area contributed by atoms with E-state index in [0.717, 1.165) is 11.3 Å². The largest absolute Gasteiger partial charge is 0.344 e. The van der Waals surface area contributed by atoms with E-state index in [1.165, 1.54) is 4.68 Å². The molecule has 0 aliphatic rings. The Balaban J connectivity index is 2.28. The summed E-state index contributed by atoms with van der Waals surface area (Å²) in [4.78, 5) is 22.9. The third kappa shape index (κ3) is 2.57. The number of aromatic nitrogens is 4. The number of hydrogen-bond donors (Lipinski definition) is 1. The first-order valence-corrected chi connectivity index (χ1v) is 6.71. The van der Waals surface area contributed by atoms with Gasteiger partial charge in [-0.15, -0.1) is 0 Å². The third-order valence-electron chi connectivity index (χ3n) is 3.79. The molecule has 0 aliphatic heterocycles. The molecule has 22 heavy (non-hydrogen) atoms. The number of nitrogens with zero attached hydrogens (tertiary/aromatic N) is 5. The second kappa shape index (κ2) is 5.58. The molecule has 9 nitrogen and oxygen atoms in total. The molecule has 0 saturated carbocycles. The summed E-state index contributed by atoms with van der Waals surface area (Å²) < 4.78 is 3.03. The third-order valence-corrected chi connectivity index (χ3v) is 3.79. The van der Waals surface area contributed by atoms with Gasteiger partial charge in [0.1, 0.15) is 5.69 Å². The Kier molecular flexibility index (Phi) is 3.98. The maximum Gasteiger partial charge on any atom is 0.322 e. The Morgan fingerprint density at radius 3 is 2.45 bits per heavy atom. The highest BCUT2D eigenvalue weighted by Gasteiger charge is 2.30. The van der Waals surface area contributed by atoms with Crippen molar-refractivity contribution < 1.29 is 9.72 Å². The second-order valence-electron chi connectivity index (χ2n) is 5.17. The van der Waals surface area contributed by atoms with Crippen molar-refractivity contribution >= 4 is 11.6 Å². The van der Waals surface area contributed by atoms with E-state index in [-0.39, 0.29) is 17.4 Å². The lowest BCUT2D eigenvalue weighted by atomic mass is 10.1. The van der Waals surface area contributed by atoms with Crippen LogP contribution >= 0.6 is 0 Å². The minimum Gasteiger partial charge on any atom is -0.344 e. The molecule has 1 amide bonds. The number of carbonyl (C=O) groups excluding carboxylic acids is 1. The number of rotatable bonds is 4. The zero-order valence-electron chi connectivity index (χ0n) is 13.1. The number of aryl methyl sites for hydroxylation is 2. The molecule has 2 aromatic rings. The summed E-state index contributed by atoms with van der Waals surface area (Å²) in [6.07, 6.45) is 1.67. The summed E-state index contributed by atoms with van der Waals surface area (Å²) in [7, 11) is 3.37. The Morgan fingerprint density at radius 2 is 1.95 bits per heavy atom. The topological polar surface area (TPSA) is 108 Å². The molecule has 1 atom stereocenters. The fourth-order valence-electron chi connectivity index (χ4n) is 2.25. The van der Waals surface area contributed by atoms with Crippen molar-refractivity contribution in [1.29, 1.82) is 0 Å². The minimum absolute atomic E-state index is 0.182. The Morgan fingerprint density at radius 1 is 1.32 bits per heavy atom. The van der Waals surface area contributed by atoms with Gasteiger partial charge < -0.3 is 5.32 Å². The van der Waals surface area contributed by atoms with Crippen LogP contribution in [-0.4, -0.2) is 30.4 Å². The second-order valence-corrected chi connectivity index (χ2v) is 5.17. The lowest BCUT2D eigenvalue weighted by molar-refractivity contribution is -0.385. The van der Waals surface area contributed by atoms with Crippen LogP contribution in [0.1, 0.15) is 40.4 Å². The summed E-state index contributed by atoms with van der Waals surface area (Å²) >= 11 is 0. The van der Waals surface area contributed by atoms with E-state index in [1.54, 1.807) is 38.8 Å². The van der Waals surface area contributed by atoms with Gasteiger partial charge in [-0.05, 0) is 20.8 Å². The van der Waals surface area contributed by atoms with Crippen molar-refractivity contribution in [1.82, 2.24) is 24.9 Å². The average Bonchev–Trinajstić information content (AvgIpc) is 2.92. The normalized spacial score (nSPS) is 12.2. The highest BCUT2D eigenvalue weighted by Crippen LogP contribution is 2.23. The zero-order chi connectivity index (χ0) is 16.6. The smallest absolute Gasteiger partial charge is 0.322 e. The highest BCUT2D eigenvalue weighted by atomic mass is 16.6. The molecule has 0 fully saturated rings. The van der Waals surface area contributed by atoms with Gasteiger partial charge in [0.2, 0.25) is 5.69 Å². The zero-order valence-corrected chi connectivity index (χ0v) is 13.1. The van der Waals surface area contributed by atoms with E-state index < -0.39 is 10.8 Å². The molecule has 1 N–H and O–H groups in total. The molecule has 0 aromatic carbocycles. The molecule has 1 unspecified atom stereocenters. The maximum absolute atomic E-state index is 12.3. The van der Waals surface area contributed by atoms with Crippen LogP contribution in [0.4, 0.5) is 5.69 Å². The van der Waals surface area contributed by atoms with Gasteiger partial charge in [-0.1, -0.05) is 0 Å². The molecular weight excluding hydrogens is 288 g/mol. The quantitative estimate of drug-likeness (QED) is 0.674. The summed E-state index contributed by atoms with van der Waals surface area (Å²) in [6, 6.07) is -0.330. The van der Waals surface area contributed by atoms with E-state index in [0.29, 0.717) is 5.69 Å². The van der Waals surface area contributed by atoms with E-state index in [2.05, 4.69) is 15.5 Å². The SMILES string of the molecule is Cc1c(C(C)NC(=O)c2nn(C)c(C)c2[N+](=O)[O-])cnn1C. The van der Waals surface area contributed by atoms with Crippen LogP contribution in [-0.2, 0) is 14.1 Å². The van der Waals surface area contributed by atoms with Gasteiger partial charge in [0.15, 0.2) is 0 Å². The first kappa shape index (κ1) is 15.7. The Labute approximate surface area is 127 Å². The number of nitrogens with one attached hydrogen (secondary N) is 1. The van der Waals surface area contributed by atoms with E-state index >= 15 is 0 Å². The van der Waals surface area contributed by atoms with Crippen LogP contribution in [0, 0.1) is 24.0 Å². The maximum atomic E-state index is 12.3. The number of hydrogen-bond acceptors (Lipinski definition) is 5. The van der Waals surface area contributed by atoms with Gasteiger partial charge in [0, 0.05) is 25.4 Å². The van der Waals surface area contributed by atoms with Crippen molar-refractivity contribution in [2.75, 3.05) is 0 Å². The van der Waals surface area contributed by atoms with Gasteiger partial charge in [-0.25, -0.2) is 0 Å². The van der Waals surface area contributed by atoms with Crippen LogP contribution in [0.15, 0.2) is 6.20 Å². The van der Waals surface area contributed by atoms with Gasteiger partial charge >= 0.3 is 5.69 Å². The summed E-state index contributed by atoms with van der Waals surface area (Å²) in [5.41, 5.74) is 1.65. The van der Waals surface area contributed by atoms with Gasteiger partial charge in [0.05, 0.1) is 17.2 Å². The van der Waals surface area contributed by atoms with Crippen molar-refractivity contribution in [2.24, 2.45) is 14.1 Å². The van der Waals surface area contributed by atoms with Crippen LogP contribution in [0.3, 0.4) is 0 Å². The van der Waals surface area contributed by atoms with Crippen LogP contribution < -0.4 is 5.32 Å². The van der Waals surface area contributed by atoms with Crippen molar-refractivity contribution in [3.8, 4) is 0 Å². The van der Waals surface area contributed by atoms with Crippen LogP contribution in [0.5, 0.6) is 0 Å². The van der Waals surface area contributed by atoms with Crippen LogP contribution in [0.2, 0.25) is 0 Å². The Bertz CT molecular complexity index is 745. The molecule has 0 radical (unpaired) electrons. The molecule has 9 heteroatoms. The molecule has 2 rings (SSSR count). The average molecular weight is 306 g/mol. The monoisotopic (exact) mass is 306 g/mol. The molecule has 2 heterocycles. The fourth-order valence-corrected chi connectivity index (χ4v) is 2.25. The fraction of sp³-hybridized carbons (Fsp3) is 0.462. The van der Waals surface area contributed by atoms with Crippen molar-refractivity contribution in [3.05, 3.63) is 39.0 Å². The van der Waals surface area contributed by atoms with E-state index in [9.17, 15) is 14.9 Å². The molecule has 118 valence electrons. The van der Waals surface area contributed by atoms with Crippen LogP contribution in [0.25, 0.3) is 0 Å². The summed E-state index contributed by atoms with van der Waals surface area (Å²) in [5.74, 6) is -0.578. The van der Waals surface area contributed by atoms with E-state index in [1.807, 2.05) is 6.92 Å². The molecule has 0 spiro atoms. The molecular formula is C13H18N6O3. The summed E-state index contributed by atoms with van der Waals surface area (Å²) in [6.45, 7) is 5.23. The number of amides is 1. The van der Waals surface area contributed by atoms with Gasteiger partial charge in [-0.2, -0.15) is 10.2 Å². The lowest BCUT2D eigenvalue weighted by Crippen LogP contribution is -2.28. The predicted molar refractivity (Wildman–Crippen MR) is 78.4 cm³/mol. The predicted octanol–water partition coefficient (Wildman–Crippen LogP) is 1.17. The van der Waals surface area contributed by atoms with Crippen molar-refractivity contribution in [3.63, 3.8) is 0 Å². The molecule has 0 aliphatic carbocycles. The number of carbonyl (C=O) groups is 1. The van der Waals surface area contributed by atoms with Crippen molar-refractivity contribution in [2.45, 2.75) is 26.8 Å². The number of nitro groups is 1. The minimum atomic E-state index is -0.586. The highest BCUT2D eigenvalue weighted by molar-refractivity contribution is 5.96. The first-order chi connectivity index (χ1) is 10.2.